The Morgan fingerprint density at radius 1 is 1.10 bits per heavy atom. The first-order chi connectivity index (χ1) is 9.83. The summed E-state index contributed by atoms with van der Waals surface area (Å²) >= 11 is 0. The van der Waals surface area contributed by atoms with Crippen molar-refractivity contribution in [1.29, 1.82) is 0 Å². The molecule has 0 aromatic heterocycles. The highest BCUT2D eigenvalue weighted by molar-refractivity contribution is 5.58. The average molecular weight is 264 g/mol. The maximum atomic E-state index is 6.27. The molecule has 1 unspecified atom stereocenters. The highest BCUT2D eigenvalue weighted by atomic mass is 16.5. The molecule has 0 spiro atoms. The third kappa shape index (κ3) is 1.84. The zero-order valence-corrected chi connectivity index (χ0v) is 12.0. The minimum absolute atomic E-state index is 0.668. The molecule has 2 aromatic rings. The normalized spacial score (nSPS) is 19.1. The number of benzene rings is 2. The molecule has 2 aromatic carbocycles. The number of ether oxygens (including phenoxy) is 1. The van der Waals surface area contributed by atoms with Crippen LogP contribution in [0.2, 0.25) is 0 Å². The van der Waals surface area contributed by atoms with Crippen LogP contribution in [0.3, 0.4) is 0 Å². The molecule has 0 saturated carbocycles. The standard InChI is InChI=1S/C19H20O/c1-13-10-16-11-15-8-5-9-17(15)19(18(13)16)20-12-14-6-3-2-4-7-14/h2-4,6-7,11,13H,5,8-10,12H2,1H3. The molecule has 1 atom stereocenters. The third-order valence-electron chi connectivity index (χ3n) is 4.72. The zero-order valence-electron chi connectivity index (χ0n) is 12.0. The van der Waals surface area contributed by atoms with Crippen molar-refractivity contribution >= 4 is 0 Å². The first-order valence-electron chi connectivity index (χ1n) is 7.67. The molecule has 0 radical (unpaired) electrons. The number of hydrogen-bond donors (Lipinski definition) is 0. The van der Waals surface area contributed by atoms with E-state index in [2.05, 4.69) is 43.3 Å². The predicted octanol–water partition coefficient (Wildman–Crippen LogP) is 4.41. The van der Waals surface area contributed by atoms with Gasteiger partial charge in [-0.3, -0.25) is 0 Å². The summed E-state index contributed by atoms with van der Waals surface area (Å²) in [6.45, 7) is 3.01. The molecule has 102 valence electrons. The summed E-state index contributed by atoms with van der Waals surface area (Å²) in [5.74, 6) is 1.89. The van der Waals surface area contributed by atoms with Crippen LogP contribution in [-0.2, 0) is 25.9 Å². The molecule has 0 heterocycles. The number of fused-ring (bicyclic) bond motifs is 2. The molecule has 0 aliphatic heterocycles. The lowest BCUT2D eigenvalue weighted by Crippen LogP contribution is -2.18. The van der Waals surface area contributed by atoms with E-state index in [4.69, 9.17) is 4.74 Å². The Labute approximate surface area is 120 Å². The Kier molecular flexibility index (Phi) is 2.80. The molecule has 4 rings (SSSR count). The first kappa shape index (κ1) is 12.0. The fraction of sp³-hybridized carbons (Fsp3) is 0.368. The van der Waals surface area contributed by atoms with Crippen LogP contribution in [0.25, 0.3) is 0 Å². The SMILES string of the molecule is CC1Cc2cc3c(c(OCc4ccccc4)c21)CCC3. The molecule has 0 N–H and O–H groups in total. The van der Waals surface area contributed by atoms with E-state index < -0.39 is 0 Å². The lowest BCUT2D eigenvalue weighted by atomic mass is 9.76. The van der Waals surface area contributed by atoms with Crippen LogP contribution >= 0.6 is 0 Å². The smallest absolute Gasteiger partial charge is 0.127 e. The van der Waals surface area contributed by atoms with Gasteiger partial charge in [0.2, 0.25) is 0 Å². The van der Waals surface area contributed by atoms with Crippen molar-refractivity contribution in [2.75, 3.05) is 0 Å². The minimum atomic E-state index is 0.668. The summed E-state index contributed by atoms with van der Waals surface area (Å²) in [4.78, 5) is 0. The van der Waals surface area contributed by atoms with Gasteiger partial charge in [-0.2, -0.15) is 0 Å². The van der Waals surface area contributed by atoms with Gasteiger partial charge in [-0.05, 0) is 53.9 Å². The molecule has 0 fully saturated rings. The topological polar surface area (TPSA) is 9.23 Å². The van der Waals surface area contributed by atoms with Crippen LogP contribution in [-0.4, -0.2) is 0 Å². The van der Waals surface area contributed by atoms with Gasteiger partial charge in [0.1, 0.15) is 12.4 Å². The van der Waals surface area contributed by atoms with E-state index in [1.807, 2.05) is 0 Å². The first-order valence-corrected chi connectivity index (χ1v) is 7.67. The van der Waals surface area contributed by atoms with E-state index in [-0.39, 0.29) is 0 Å². The largest absolute Gasteiger partial charge is 0.488 e. The highest BCUT2D eigenvalue weighted by Gasteiger charge is 2.31. The van der Waals surface area contributed by atoms with Gasteiger partial charge in [0.05, 0.1) is 0 Å². The van der Waals surface area contributed by atoms with Crippen LogP contribution in [0.1, 0.15) is 47.1 Å². The van der Waals surface area contributed by atoms with E-state index in [1.165, 1.54) is 53.7 Å². The Bertz CT molecular complexity index is 639. The molecular weight excluding hydrogens is 244 g/mol. The fourth-order valence-corrected chi connectivity index (χ4v) is 3.69. The van der Waals surface area contributed by atoms with Gasteiger partial charge >= 0.3 is 0 Å². The van der Waals surface area contributed by atoms with E-state index in [0.29, 0.717) is 12.5 Å². The van der Waals surface area contributed by atoms with Crippen LogP contribution in [0, 0.1) is 0 Å². The molecule has 2 aliphatic rings. The predicted molar refractivity (Wildman–Crippen MR) is 81.4 cm³/mol. The fourth-order valence-electron chi connectivity index (χ4n) is 3.69. The van der Waals surface area contributed by atoms with Crippen molar-refractivity contribution < 1.29 is 4.74 Å². The molecule has 0 saturated heterocycles. The minimum Gasteiger partial charge on any atom is -0.488 e. The van der Waals surface area contributed by atoms with Gasteiger partial charge in [-0.15, -0.1) is 0 Å². The number of hydrogen-bond acceptors (Lipinski definition) is 1. The zero-order chi connectivity index (χ0) is 13.5. The lowest BCUT2D eigenvalue weighted by molar-refractivity contribution is 0.295. The Morgan fingerprint density at radius 2 is 1.95 bits per heavy atom. The van der Waals surface area contributed by atoms with E-state index in [1.54, 1.807) is 5.56 Å². The summed E-state index contributed by atoms with van der Waals surface area (Å²) in [6, 6.07) is 12.9. The van der Waals surface area contributed by atoms with Gasteiger partial charge in [0, 0.05) is 5.56 Å². The van der Waals surface area contributed by atoms with Crippen molar-refractivity contribution in [3.63, 3.8) is 0 Å². The van der Waals surface area contributed by atoms with Gasteiger partial charge in [0.25, 0.3) is 0 Å². The molecule has 1 nitrogen and oxygen atoms in total. The Morgan fingerprint density at radius 3 is 2.75 bits per heavy atom. The maximum Gasteiger partial charge on any atom is 0.127 e. The van der Waals surface area contributed by atoms with Crippen LogP contribution in [0.5, 0.6) is 5.75 Å². The van der Waals surface area contributed by atoms with Gasteiger partial charge < -0.3 is 4.74 Å². The van der Waals surface area contributed by atoms with E-state index >= 15 is 0 Å². The summed E-state index contributed by atoms with van der Waals surface area (Å²) in [5, 5.41) is 0. The molecule has 0 amide bonds. The third-order valence-corrected chi connectivity index (χ3v) is 4.72. The second-order valence-electron chi connectivity index (χ2n) is 6.15. The van der Waals surface area contributed by atoms with E-state index in [9.17, 15) is 0 Å². The highest BCUT2D eigenvalue weighted by Crippen LogP contribution is 2.47. The average Bonchev–Trinajstić information content (AvgIpc) is 2.93. The maximum absolute atomic E-state index is 6.27. The molecule has 2 aliphatic carbocycles. The van der Waals surface area contributed by atoms with Crippen molar-refractivity contribution in [2.24, 2.45) is 0 Å². The molecule has 0 bridgehead atoms. The molecular formula is C19H20O. The van der Waals surface area contributed by atoms with E-state index in [0.717, 1.165) is 0 Å². The van der Waals surface area contributed by atoms with Gasteiger partial charge in [-0.1, -0.05) is 43.3 Å². The molecule has 20 heavy (non-hydrogen) atoms. The summed E-state index contributed by atoms with van der Waals surface area (Å²) in [5.41, 5.74) is 7.30. The Balaban J connectivity index is 1.67. The Hall–Kier alpha value is -1.76. The van der Waals surface area contributed by atoms with Gasteiger partial charge in [0.15, 0.2) is 0 Å². The number of rotatable bonds is 3. The van der Waals surface area contributed by atoms with Crippen molar-refractivity contribution in [3.8, 4) is 5.75 Å². The van der Waals surface area contributed by atoms with Crippen LogP contribution in [0.15, 0.2) is 36.4 Å². The lowest BCUT2D eigenvalue weighted by Gasteiger charge is -2.31. The second kappa shape index (κ2) is 4.66. The van der Waals surface area contributed by atoms with Crippen LogP contribution in [0.4, 0.5) is 0 Å². The monoisotopic (exact) mass is 264 g/mol. The van der Waals surface area contributed by atoms with Crippen molar-refractivity contribution in [2.45, 2.75) is 45.1 Å². The second-order valence-corrected chi connectivity index (χ2v) is 6.15. The summed E-state index contributed by atoms with van der Waals surface area (Å²) < 4.78 is 6.27. The summed E-state index contributed by atoms with van der Waals surface area (Å²) in [6.07, 6.45) is 4.94. The van der Waals surface area contributed by atoms with Crippen molar-refractivity contribution in [3.05, 3.63) is 64.2 Å². The summed E-state index contributed by atoms with van der Waals surface area (Å²) in [7, 11) is 0. The van der Waals surface area contributed by atoms with Crippen LogP contribution < -0.4 is 4.74 Å². The van der Waals surface area contributed by atoms with Gasteiger partial charge in [-0.25, -0.2) is 0 Å². The van der Waals surface area contributed by atoms with Crippen molar-refractivity contribution in [1.82, 2.24) is 0 Å². The number of aryl methyl sites for hydroxylation is 1. The quantitative estimate of drug-likeness (QED) is 0.797. The molecule has 1 heteroatoms.